The Morgan fingerprint density at radius 2 is 0.700 bits per heavy atom. The fourth-order valence-corrected chi connectivity index (χ4v) is 0. The molecule has 0 N–H and O–H groups in total. The van der Waals surface area contributed by atoms with Crippen LogP contribution in [0.1, 0.15) is 0 Å². The van der Waals surface area contributed by atoms with Crippen molar-refractivity contribution in [2.45, 2.75) is 0 Å². The van der Waals surface area contributed by atoms with E-state index in [0.717, 1.165) is 0 Å². The average molecular weight is 353 g/mol. The molecule has 0 spiro atoms. The Kier molecular flexibility index (Phi) is 102. The Morgan fingerprint density at radius 3 is 0.700 bits per heavy atom. The van der Waals surface area contributed by atoms with Crippen LogP contribution in [0.15, 0.2) is 0 Å². The standard InChI is InChI=1S/3CH2S2.Sb/c3*2-1-3;/h3*1H,(H,2,3);/q;;;+3/p-3. The third kappa shape index (κ3) is 244. The molecule has 0 rings (SSSR count). The van der Waals surface area contributed by atoms with E-state index in [-0.39, 0.29) is 24.4 Å². The molecule has 0 fully saturated rings. The zero-order chi connectivity index (χ0) is 8.12. The summed E-state index contributed by atoms with van der Waals surface area (Å²) in [6, 6.07) is 0. The van der Waals surface area contributed by atoms with Gasteiger partial charge in [-0.2, -0.15) is 14.1 Å². The van der Waals surface area contributed by atoms with Crippen LogP contribution < -0.4 is 0 Å². The van der Waals surface area contributed by atoms with Crippen molar-refractivity contribution in [3.05, 3.63) is 0 Å². The summed E-state index contributed by atoms with van der Waals surface area (Å²) in [5, 5.41) is 0. The topological polar surface area (TPSA) is 0 Å². The van der Waals surface area contributed by atoms with Gasteiger partial charge in [0.25, 0.3) is 0 Å². The Labute approximate surface area is 112 Å². The Morgan fingerprint density at radius 1 is 0.700 bits per heavy atom. The van der Waals surface area contributed by atoms with Gasteiger partial charge >= 0.3 is 24.4 Å². The first-order chi connectivity index (χ1) is 4.24. The summed E-state index contributed by atoms with van der Waals surface area (Å²) in [5.74, 6) is 0. The molecular weight excluding hydrogens is 350 g/mol. The monoisotopic (exact) mass is 352 g/mol. The molecule has 0 aliphatic heterocycles. The summed E-state index contributed by atoms with van der Waals surface area (Å²) in [6.07, 6.45) is 0. The fraction of sp³-hybridized carbons (Fsp3) is 0. The minimum absolute atomic E-state index is 0. The summed E-state index contributed by atoms with van der Waals surface area (Å²) >= 11 is 24.5. The smallest absolute Gasteiger partial charge is 0.436 e. The number of hydrogen-bond donors (Lipinski definition) is 0. The number of thiocarbonyl (C=S) groups is 3. The second-order valence-corrected chi connectivity index (χ2v) is 2.60. The zero-order valence-corrected chi connectivity index (χ0v) is 12.1. The van der Waals surface area contributed by atoms with Crippen molar-refractivity contribution in [3.8, 4) is 0 Å². The molecule has 0 aliphatic carbocycles. The maximum Gasteiger partial charge on any atom is 3.00 e. The van der Waals surface area contributed by atoms with Gasteiger partial charge in [0, 0.05) is 0 Å². The number of rotatable bonds is 0. The predicted molar refractivity (Wildman–Crippen MR) is 68.8 cm³/mol. The molecular formula is C3H3S6Sb. The molecule has 2 radical (unpaired) electrons. The van der Waals surface area contributed by atoms with Gasteiger partial charge < -0.3 is 74.5 Å². The maximum atomic E-state index is 4.08. The minimum Gasteiger partial charge on any atom is -0.436 e. The van der Waals surface area contributed by atoms with E-state index in [1.54, 1.807) is 0 Å². The van der Waals surface area contributed by atoms with Crippen molar-refractivity contribution < 1.29 is 0 Å². The molecule has 0 bridgehead atoms. The molecule has 0 amide bonds. The maximum absolute atomic E-state index is 4.08. The van der Waals surface area contributed by atoms with E-state index in [4.69, 9.17) is 0 Å². The summed E-state index contributed by atoms with van der Waals surface area (Å²) < 4.78 is 3.50. The Bertz CT molecular complexity index is 49.7. The van der Waals surface area contributed by atoms with E-state index in [2.05, 4.69) is 74.5 Å². The second kappa shape index (κ2) is 45.3. The molecule has 0 aromatic heterocycles. The van der Waals surface area contributed by atoms with E-state index in [0.29, 0.717) is 0 Å². The second-order valence-electron chi connectivity index (χ2n) is 0.289. The van der Waals surface area contributed by atoms with Crippen LogP contribution >= 0.6 is 36.7 Å². The van der Waals surface area contributed by atoms with Crippen LogP contribution in [0.4, 0.5) is 0 Å². The third-order valence-electron chi connectivity index (χ3n) is 0. The predicted octanol–water partition coefficient (Wildman–Crippen LogP) is 1.09. The van der Waals surface area contributed by atoms with Gasteiger partial charge in [0.15, 0.2) is 0 Å². The van der Waals surface area contributed by atoms with E-state index in [9.17, 15) is 0 Å². The Hall–Kier alpha value is 1.75. The van der Waals surface area contributed by atoms with E-state index in [1.807, 2.05) is 0 Å². The van der Waals surface area contributed by atoms with E-state index < -0.39 is 0 Å². The van der Waals surface area contributed by atoms with Crippen LogP contribution in [0.3, 0.4) is 0 Å². The summed E-state index contributed by atoms with van der Waals surface area (Å²) in [6.45, 7) is 0. The van der Waals surface area contributed by atoms with Crippen molar-refractivity contribution in [3.63, 3.8) is 0 Å². The molecule has 0 aromatic rings. The van der Waals surface area contributed by atoms with Crippen LogP contribution in [-0.4, -0.2) is 38.5 Å². The molecule has 0 aromatic carbocycles. The van der Waals surface area contributed by atoms with Gasteiger partial charge in [0.2, 0.25) is 0 Å². The van der Waals surface area contributed by atoms with Gasteiger partial charge in [-0.05, 0) is 0 Å². The molecule has 0 aliphatic rings. The molecule has 10 heavy (non-hydrogen) atoms. The number of hydrogen-bond acceptors (Lipinski definition) is 6. The van der Waals surface area contributed by atoms with Gasteiger partial charge in [0.05, 0.1) is 0 Å². The van der Waals surface area contributed by atoms with Crippen LogP contribution in [-0.2, 0) is 37.9 Å². The molecule has 0 unspecified atom stereocenters. The largest absolute Gasteiger partial charge is 3.00 e. The van der Waals surface area contributed by atoms with Crippen LogP contribution in [0.2, 0.25) is 0 Å². The summed E-state index contributed by atoms with van der Waals surface area (Å²) in [4.78, 5) is 0. The zero-order valence-electron chi connectivity index (χ0n) is 4.63. The first-order valence-electron chi connectivity index (χ1n) is 1.41. The van der Waals surface area contributed by atoms with Crippen LogP contribution in [0.5, 0.6) is 0 Å². The first kappa shape index (κ1) is 22.6. The van der Waals surface area contributed by atoms with Crippen molar-refractivity contribution in [1.29, 1.82) is 0 Å². The summed E-state index contributed by atoms with van der Waals surface area (Å²) in [7, 11) is 0. The molecule has 0 heterocycles. The average Bonchev–Trinajstić information content (AvgIpc) is 1.70. The fourth-order valence-electron chi connectivity index (χ4n) is 0. The SMILES string of the molecule is S=C[S-].S=C[S-].S=C[S-].[Sb+3]. The Balaban J connectivity index is -0.0000000257. The minimum atomic E-state index is 0. The van der Waals surface area contributed by atoms with E-state index >= 15 is 0 Å². The van der Waals surface area contributed by atoms with Crippen LogP contribution in [0, 0.1) is 0 Å². The van der Waals surface area contributed by atoms with Crippen molar-refractivity contribution in [2.75, 3.05) is 0 Å². The normalized spacial score (nSPS) is 3.60. The first-order valence-corrected chi connectivity index (χ1v) is 4.24. The van der Waals surface area contributed by atoms with E-state index in [1.165, 1.54) is 14.1 Å². The molecule has 56 valence electrons. The quantitative estimate of drug-likeness (QED) is 0.361. The van der Waals surface area contributed by atoms with Gasteiger partial charge in [-0.15, -0.1) is 0 Å². The van der Waals surface area contributed by atoms with Gasteiger partial charge in [-0.25, -0.2) is 0 Å². The van der Waals surface area contributed by atoms with Gasteiger partial charge in [-0.1, -0.05) is 0 Å². The van der Waals surface area contributed by atoms with Crippen LogP contribution in [0.25, 0.3) is 0 Å². The van der Waals surface area contributed by atoms with Crippen molar-refractivity contribution >= 4 is 113 Å². The molecule has 0 saturated carbocycles. The van der Waals surface area contributed by atoms with Gasteiger partial charge in [0.1, 0.15) is 0 Å². The molecule has 0 saturated heterocycles. The third-order valence-corrected chi connectivity index (χ3v) is 0. The van der Waals surface area contributed by atoms with Gasteiger partial charge in [-0.3, -0.25) is 0 Å². The molecule has 0 nitrogen and oxygen atoms in total. The summed E-state index contributed by atoms with van der Waals surface area (Å²) in [5.41, 5.74) is 0. The van der Waals surface area contributed by atoms with Crippen molar-refractivity contribution in [2.24, 2.45) is 0 Å². The molecule has 0 atom stereocenters. The molecule has 7 heteroatoms. The van der Waals surface area contributed by atoms with Crippen molar-refractivity contribution in [1.82, 2.24) is 0 Å².